The van der Waals surface area contributed by atoms with Crippen molar-refractivity contribution in [3.8, 4) is 0 Å². The van der Waals surface area contributed by atoms with Crippen molar-refractivity contribution < 1.29 is 18.0 Å². The van der Waals surface area contributed by atoms with Gasteiger partial charge in [0.25, 0.3) is 5.91 Å². The van der Waals surface area contributed by atoms with Crippen LogP contribution in [0.3, 0.4) is 0 Å². The lowest BCUT2D eigenvalue weighted by Gasteiger charge is -2.12. The summed E-state index contributed by atoms with van der Waals surface area (Å²) in [5, 5.41) is 5.29. The number of anilines is 1. The molecule has 2 N–H and O–H groups in total. The molecule has 0 aliphatic rings. The first-order chi connectivity index (χ1) is 8.83. The highest BCUT2D eigenvalue weighted by Crippen LogP contribution is 2.19. The molecule has 0 bridgehead atoms. The summed E-state index contributed by atoms with van der Waals surface area (Å²) in [4.78, 5) is 11.9. The van der Waals surface area contributed by atoms with Crippen LogP contribution < -0.4 is 10.6 Å². The molecule has 0 saturated heterocycles. The predicted octanol–water partition coefficient (Wildman–Crippen LogP) is 3.11. The molecule has 106 valence electrons. The Morgan fingerprint density at radius 2 is 2.00 bits per heavy atom. The first-order valence-corrected chi connectivity index (χ1v) is 6.03. The molecule has 0 saturated carbocycles. The highest BCUT2D eigenvalue weighted by molar-refractivity contribution is 5.99. The third kappa shape index (κ3) is 5.19. The summed E-state index contributed by atoms with van der Waals surface area (Å²) >= 11 is 0. The Bertz CT molecular complexity index is 444. The predicted molar refractivity (Wildman–Crippen MR) is 68.3 cm³/mol. The molecule has 1 amide bonds. The average Bonchev–Trinajstić information content (AvgIpc) is 2.30. The van der Waals surface area contributed by atoms with Crippen LogP contribution in [0.4, 0.5) is 18.9 Å². The van der Waals surface area contributed by atoms with E-state index in [0.29, 0.717) is 17.8 Å². The summed E-state index contributed by atoms with van der Waals surface area (Å²) in [6.45, 7) is 3.92. The van der Waals surface area contributed by atoms with Crippen molar-refractivity contribution >= 4 is 11.6 Å². The standard InChI is InChI=1S/C13H17F3N2O/c1-3-17-11-5-4-9(2)8-10(11)12(19)18-7-6-13(14,15)16/h4-5,8,17H,3,6-7H2,1-2H3,(H,18,19). The third-order valence-corrected chi connectivity index (χ3v) is 2.48. The molecule has 0 aliphatic carbocycles. The summed E-state index contributed by atoms with van der Waals surface area (Å²) in [7, 11) is 0. The van der Waals surface area contributed by atoms with Crippen LogP contribution in [0.1, 0.15) is 29.3 Å². The fourth-order valence-corrected chi connectivity index (χ4v) is 1.60. The van der Waals surface area contributed by atoms with Gasteiger partial charge in [0.15, 0.2) is 0 Å². The molecule has 0 fully saturated rings. The zero-order chi connectivity index (χ0) is 14.5. The Morgan fingerprint density at radius 3 is 2.58 bits per heavy atom. The fourth-order valence-electron chi connectivity index (χ4n) is 1.60. The summed E-state index contributed by atoms with van der Waals surface area (Å²) in [6, 6.07) is 5.24. The molecule has 6 heteroatoms. The van der Waals surface area contributed by atoms with Gasteiger partial charge in [-0.05, 0) is 26.0 Å². The van der Waals surface area contributed by atoms with Crippen LogP contribution in [0.5, 0.6) is 0 Å². The number of amides is 1. The number of alkyl halides is 3. The van der Waals surface area contributed by atoms with Gasteiger partial charge in [-0.25, -0.2) is 0 Å². The first kappa shape index (κ1) is 15.3. The number of benzene rings is 1. The van der Waals surface area contributed by atoms with Crippen LogP contribution in [0, 0.1) is 6.92 Å². The van der Waals surface area contributed by atoms with Crippen molar-refractivity contribution in [1.29, 1.82) is 0 Å². The van der Waals surface area contributed by atoms with Crippen molar-refractivity contribution in [3.05, 3.63) is 29.3 Å². The van der Waals surface area contributed by atoms with E-state index >= 15 is 0 Å². The van der Waals surface area contributed by atoms with E-state index in [1.165, 1.54) is 0 Å². The lowest BCUT2D eigenvalue weighted by Crippen LogP contribution is -2.28. The second kappa shape index (κ2) is 6.45. The molecule has 1 rings (SSSR count). The number of hydrogen-bond donors (Lipinski definition) is 2. The smallest absolute Gasteiger partial charge is 0.385 e. The Labute approximate surface area is 110 Å². The number of carbonyl (C=O) groups excluding carboxylic acids is 1. The van der Waals surface area contributed by atoms with Crippen LogP contribution in [-0.4, -0.2) is 25.2 Å². The molecule has 1 aromatic carbocycles. The van der Waals surface area contributed by atoms with E-state index in [1.54, 1.807) is 12.1 Å². The van der Waals surface area contributed by atoms with Gasteiger partial charge in [0, 0.05) is 18.8 Å². The van der Waals surface area contributed by atoms with Crippen molar-refractivity contribution in [2.24, 2.45) is 0 Å². The number of nitrogens with one attached hydrogen (secondary N) is 2. The van der Waals surface area contributed by atoms with Crippen LogP contribution in [-0.2, 0) is 0 Å². The Kier molecular flexibility index (Phi) is 5.20. The Morgan fingerprint density at radius 1 is 1.32 bits per heavy atom. The van der Waals surface area contributed by atoms with Crippen LogP contribution in [0.2, 0.25) is 0 Å². The highest BCUT2D eigenvalue weighted by Gasteiger charge is 2.26. The number of hydrogen-bond acceptors (Lipinski definition) is 2. The maximum atomic E-state index is 12.0. The molecule has 0 aromatic heterocycles. The van der Waals surface area contributed by atoms with Crippen LogP contribution >= 0.6 is 0 Å². The van der Waals surface area contributed by atoms with Gasteiger partial charge in [-0.15, -0.1) is 0 Å². The monoisotopic (exact) mass is 274 g/mol. The molecule has 1 aromatic rings. The van der Waals surface area contributed by atoms with E-state index in [1.807, 2.05) is 19.9 Å². The highest BCUT2D eigenvalue weighted by atomic mass is 19.4. The van der Waals surface area contributed by atoms with Gasteiger partial charge in [-0.1, -0.05) is 11.6 Å². The molecule has 3 nitrogen and oxygen atoms in total. The van der Waals surface area contributed by atoms with Crippen molar-refractivity contribution in [2.75, 3.05) is 18.4 Å². The quantitative estimate of drug-likeness (QED) is 0.866. The van der Waals surface area contributed by atoms with Crippen LogP contribution in [0.15, 0.2) is 18.2 Å². The van der Waals surface area contributed by atoms with E-state index in [9.17, 15) is 18.0 Å². The lowest BCUT2D eigenvalue weighted by atomic mass is 10.1. The Balaban J connectivity index is 2.72. The maximum absolute atomic E-state index is 12.0. The lowest BCUT2D eigenvalue weighted by molar-refractivity contribution is -0.132. The van der Waals surface area contributed by atoms with E-state index in [-0.39, 0.29) is 0 Å². The summed E-state index contributed by atoms with van der Waals surface area (Å²) in [6.07, 6.45) is -5.29. The topological polar surface area (TPSA) is 41.1 Å². The zero-order valence-electron chi connectivity index (χ0n) is 10.9. The van der Waals surface area contributed by atoms with Gasteiger partial charge in [-0.3, -0.25) is 4.79 Å². The van der Waals surface area contributed by atoms with Gasteiger partial charge in [-0.2, -0.15) is 13.2 Å². The third-order valence-electron chi connectivity index (χ3n) is 2.48. The van der Waals surface area contributed by atoms with E-state index in [0.717, 1.165) is 5.56 Å². The van der Waals surface area contributed by atoms with E-state index in [4.69, 9.17) is 0 Å². The maximum Gasteiger partial charge on any atom is 0.390 e. The molecular weight excluding hydrogens is 257 g/mol. The fraction of sp³-hybridized carbons (Fsp3) is 0.462. The van der Waals surface area contributed by atoms with E-state index < -0.39 is 25.0 Å². The second-order valence-electron chi connectivity index (χ2n) is 4.20. The molecule has 0 unspecified atom stereocenters. The summed E-state index contributed by atoms with van der Waals surface area (Å²) in [5.41, 5.74) is 1.87. The van der Waals surface area contributed by atoms with E-state index in [2.05, 4.69) is 10.6 Å². The van der Waals surface area contributed by atoms with Crippen molar-refractivity contribution in [2.45, 2.75) is 26.4 Å². The molecule has 0 heterocycles. The molecule has 0 radical (unpaired) electrons. The van der Waals surface area contributed by atoms with Gasteiger partial charge in [0.05, 0.1) is 12.0 Å². The van der Waals surface area contributed by atoms with Crippen LogP contribution in [0.25, 0.3) is 0 Å². The van der Waals surface area contributed by atoms with Gasteiger partial charge in [0.1, 0.15) is 0 Å². The summed E-state index contributed by atoms with van der Waals surface area (Å²) in [5.74, 6) is -0.496. The van der Waals surface area contributed by atoms with Gasteiger partial charge in [0.2, 0.25) is 0 Å². The molecule has 0 atom stereocenters. The first-order valence-electron chi connectivity index (χ1n) is 6.03. The molecule has 0 spiro atoms. The minimum absolute atomic E-state index is 0.365. The number of rotatable bonds is 5. The SMILES string of the molecule is CCNc1ccc(C)cc1C(=O)NCCC(F)(F)F. The zero-order valence-corrected chi connectivity index (χ0v) is 10.9. The largest absolute Gasteiger partial charge is 0.390 e. The summed E-state index contributed by atoms with van der Waals surface area (Å²) < 4.78 is 36.0. The molecule has 19 heavy (non-hydrogen) atoms. The number of carbonyl (C=O) groups is 1. The normalized spacial score (nSPS) is 11.2. The average molecular weight is 274 g/mol. The minimum Gasteiger partial charge on any atom is -0.385 e. The van der Waals surface area contributed by atoms with Crippen molar-refractivity contribution in [3.63, 3.8) is 0 Å². The molecular formula is C13H17F3N2O. The van der Waals surface area contributed by atoms with Crippen molar-refractivity contribution in [1.82, 2.24) is 5.32 Å². The number of halogens is 3. The number of aryl methyl sites for hydroxylation is 1. The molecule has 0 aliphatic heterocycles. The van der Waals surface area contributed by atoms with Gasteiger partial charge < -0.3 is 10.6 Å². The Hall–Kier alpha value is -1.72. The minimum atomic E-state index is -4.26. The van der Waals surface area contributed by atoms with Gasteiger partial charge >= 0.3 is 6.18 Å². The second-order valence-corrected chi connectivity index (χ2v) is 4.20.